The number of nitrogens with two attached hydrogens (primary N) is 1. The molecule has 0 aliphatic rings. The van der Waals surface area contributed by atoms with Crippen molar-refractivity contribution in [2.75, 3.05) is 0 Å². The van der Waals surface area contributed by atoms with Crippen molar-refractivity contribution in [3.8, 4) is 0 Å². The molecule has 1 aromatic carbocycles. The Morgan fingerprint density at radius 3 is 2.60 bits per heavy atom. The zero-order chi connectivity index (χ0) is 11.1. The number of nitrogens with zero attached hydrogens (tertiary/aromatic N) is 2. The van der Waals surface area contributed by atoms with Crippen LogP contribution in [0.2, 0.25) is 0 Å². The Hall–Kier alpha value is -1.95. The van der Waals surface area contributed by atoms with E-state index in [1.807, 2.05) is 30.3 Å². The van der Waals surface area contributed by atoms with Crippen LogP contribution in [-0.4, -0.2) is 22.2 Å². The molecule has 0 bridgehead atoms. The quantitative estimate of drug-likeness (QED) is 0.304. The molecule has 0 radical (unpaired) electrons. The minimum Gasteiger partial charge on any atom is -0.411 e. The summed E-state index contributed by atoms with van der Waals surface area (Å²) in [6, 6.07) is 9.20. The molecular weight excluding hydrogens is 212 g/mol. The Kier molecular flexibility index (Phi) is 4.24. The average molecular weight is 222 g/mol. The van der Waals surface area contributed by atoms with Crippen molar-refractivity contribution < 1.29 is 5.21 Å². The van der Waals surface area contributed by atoms with E-state index in [0.717, 1.165) is 5.56 Å². The number of hydrogen-bond donors (Lipinski definition) is 3. The van der Waals surface area contributed by atoms with Gasteiger partial charge in [-0.25, -0.2) is 0 Å². The molecule has 6 heteroatoms. The molecule has 0 amide bonds. The maximum atomic E-state index is 8.46. The van der Waals surface area contributed by atoms with E-state index >= 15 is 0 Å². The van der Waals surface area contributed by atoms with Gasteiger partial charge in [-0.2, -0.15) is 5.10 Å². The second kappa shape index (κ2) is 5.71. The van der Waals surface area contributed by atoms with Gasteiger partial charge in [0.25, 0.3) is 0 Å². The Morgan fingerprint density at radius 1 is 1.40 bits per heavy atom. The molecule has 78 valence electrons. The van der Waals surface area contributed by atoms with Crippen molar-refractivity contribution in [3.05, 3.63) is 35.9 Å². The first-order chi connectivity index (χ1) is 7.24. The van der Waals surface area contributed by atoms with E-state index in [4.69, 9.17) is 10.9 Å². The van der Waals surface area contributed by atoms with Crippen molar-refractivity contribution in [2.45, 2.75) is 0 Å². The highest BCUT2D eigenvalue weighted by Gasteiger charge is 1.99. The molecule has 0 fully saturated rings. The number of benzene rings is 1. The molecule has 0 aliphatic heterocycles. The lowest BCUT2D eigenvalue weighted by Gasteiger charge is -2.00. The van der Waals surface area contributed by atoms with Crippen molar-refractivity contribution in [1.82, 2.24) is 5.43 Å². The fourth-order valence-electron chi connectivity index (χ4n) is 0.947. The topological polar surface area (TPSA) is 83.0 Å². The van der Waals surface area contributed by atoms with E-state index in [0.29, 0.717) is 5.71 Å². The zero-order valence-corrected chi connectivity index (χ0v) is 8.61. The van der Waals surface area contributed by atoms with Gasteiger partial charge < -0.3 is 10.9 Å². The summed E-state index contributed by atoms with van der Waals surface area (Å²) in [4.78, 5) is 0. The molecule has 4 N–H and O–H groups in total. The molecule has 0 aromatic heterocycles. The van der Waals surface area contributed by atoms with Gasteiger partial charge in [0.05, 0.1) is 6.21 Å². The summed E-state index contributed by atoms with van der Waals surface area (Å²) < 4.78 is 0. The molecule has 0 aliphatic carbocycles. The van der Waals surface area contributed by atoms with E-state index < -0.39 is 0 Å². The molecule has 15 heavy (non-hydrogen) atoms. The Balaban J connectivity index is 2.93. The third-order valence-corrected chi connectivity index (χ3v) is 1.63. The molecule has 0 unspecified atom stereocenters. The summed E-state index contributed by atoms with van der Waals surface area (Å²) in [7, 11) is 0. The van der Waals surface area contributed by atoms with Crippen LogP contribution in [0.25, 0.3) is 0 Å². The Morgan fingerprint density at radius 2 is 2.07 bits per heavy atom. The molecule has 5 nitrogen and oxygen atoms in total. The van der Waals surface area contributed by atoms with Crippen LogP contribution in [0.3, 0.4) is 0 Å². The van der Waals surface area contributed by atoms with Crippen LogP contribution >= 0.6 is 12.2 Å². The van der Waals surface area contributed by atoms with Crippen LogP contribution in [0, 0.1) is 0 Å². The predicted octanol–water partition coefficient (Wildman–Crippen LogP) is 0.684. The van der Waals surface area contributed by atoms with Gasteiger partial charge in [0.15, 0.2) is 5.11 Å². The number of rotatable bonds is 3. The Bertz CT molecular complexity index is 388. The lowest BCUT2D eigenvalue weighted by molar-refractivity contribution is 0.322. The van der Waals surface area contributed by atoms with E-state index in [9.17, 15) is 0 Å². The van der Waals surface area contributed by atoms with Crippen LogP contribution in [0.1, 0.15) is 5.56 Å². The van der Waals surface area contributed by atoms with Crippen LogP contribution < -0.4 is 11.2 Å². The van der Waals surface area contributed by atoms with Crippen LogP contribution in [0.5, 0.6) is 0 Å². The fraction of sp³-hybridized carbons (Fsp3) is 0. The molecule has 0 atom stereocenters. The molecule has 0 saturated heterocycles. The summed E-state index contributed by atoms with van der Waals surface area (Å²) in [5, 5.41) is 15.3. The average Bonchev–Trinajstić information content (AvgIpc) is 2.25. The molecule has 0 heterocycles. The lowest BCUT2D eigenvalue weighted by Crippen LogP contribution is -2.26. The van der Waals surface area contributed by atoms with Gasteiger partial charge in [0.1, 0.15) is 5.71 Å². The summed E-state index contributed by atoms with van der Waals surface area (Å²) in [6.07, 6.45) is 1.20. The number of hydrazone groups is 1. The summed E-state index contributed by atoms with van der Waals surface area (Å²) >= 11 is 4.60. The minimum absolute atomic E-state index is 0.0507. The van der Waals surface area contributed by atoms with Crippen molar-refractivity contribution in [3.63, 3.8) is 0 Å². The maximum absolute atomic E-state index is 8.46. The first kappa shape index (κ1) is 11.1. The molecule has 0 saturated carbocycles. The molecule has 0 spiro atoms. The summed E-state index contributed by atoms with van der Waals surface area (Å²) in [5.41, 5.74) is 8.87. The van der Waals surface area contributed by atoms with E-state index in [1.165, 1.54) is 6.21 Å². The molecule has 1 rings (SSSR count). The summed E-state index contributed by atoms with van der Waals surface area (Å²) in [5.74, 6) is 0. The molecule has 1 aromatic rings. The largest absolute Gasteiger partial charge is 0.411 e. The van der Waals surface area contributed by atoms with E-state index in [-0.39, 0.29) is 5.11 Å². The van der Waals surface area contributed by atoms with Crippen LogP contribution in [0.15, 0.2) is 40.6 Å². The summed E-state index contributed by atoms with van der Waals surface area (Å²) in [6.45, 7) is 0. The maximum Gasteiger partial charge on any atom is 0.184 e. The lowest BCUT2D eigenvalue weighted by atomic mass is 10.1. The van der Waals surface area contributed by atoms with Gasteiger partial charge in [-0.05, 0) is 12.2 Å². The standard InChI is InChI=1S/C9H10N4OS/c10-9(15)13-12-8(6-11-14)7-4-2-1-3-5-7/h1-6,14H,(H3,10,13,15)/b11-6+,12-8+. The van der Waals surface area contributed by atoms with Gasteiger partial charge in [-0.1, -0.05) is 35.5 Å². The van der Waals surface area contributed by atoms with Crippen molar-refractivity contribution >= 4 is 29.3 Å². The first-order valence-electron chi connectivity index (χ1n) is 4.10. The third-order valence-electron chi connectivity index (χ3n) is 1.54. The van der Waals surface area contributed by atoms with Crippen molar-refractivity contribution in [1.29, 1.82) is 0 Å². The van der Waals surface area contributed by atoms with Gasteiger partial charge in [-0.3, -0.25) is 5.43 Å². The smallest absolute Gasteiger partial charge is 0.184 e. The highest BCUT2D eigenvalue weighted by molar-refractivity contribution is 7.80. The van der Waals surface area contributed by atoms with Crippen LogP contribution in [-0.2, 0) is 0 Å². The number of thiocarbonyl (C=S) groups is 1. The Labute approximate surface area is 92.3 Å². The molecular formula is C9H10N4OS. The van der Waals surface area contributed by atoms with Crippen molar-refractivity contribution in [2.24, 2.45) is 16.0 Å². The predicted molar refractivity (Wildman–Crippen MR) is 63.2 cm³/mol. The van der Waals surface area contributed by atoms with Crippen LogP contribution in [0.4, 0.5) is 0 Å². The van der Waals surface area contributed by atoms with Gasteiger partial charge in [-0.15, -0.1) is 0 Å². The minimum atomic E-state index is 0.0507. The first-order valence-corrected chi connectivity index (χ1v) is 4.51. The zero-order valence-electron chi connectivity index (χ0n) is 7.79. The van der Waals surface area contributed by atoms with Gasteiger partial charge in [0.2, 0.25) is 0 Å². The number of hydrogen-bond acceptors (Lipinski definition) is 4. The highest BCUT2D eigenvalue weighted by Crippen LogP contribution is 1.99. The SMILES string of the molecule is NC(=S)N/N=C(\C=N\O)c1ccccc1. The normalized spacial score (nSPS) is 11.6. The van der Waals surface area contributed by atoms with E-state index in [2.05, 4.69) is 27.9 Å². The highest BCUT2D eigenvalue weighted by atomic mass is 32.1. The van der Waals surface area contributed by atoms with Gasteiger partial charge in [0, 0.05) is 5.56 Å². The second-order valence-electron chi connectivity index (χ2n) is 2.58. The van der Waals surface area contributed by atoms with Gasteiger partial charge >= 0.3 is 0 Å². The fourth-order valence-corrected chi connectivity index (χ4v) is 0.993. The monoisotopic (exact) mass is 222 g/mol. The second-order valence-corrected chi connectivity index (χ2v) is 3.02. The number of oxime groups is 1. The third kappa shape index (κ3) is 3.74. The van der Waals surface area contributed by atoms with E-state index in [1.54, 1.807) is 0 Å². The number of nitrogens with one attached hydrogen (secondary N) is 1.